The molecule has 6 nitrogen and oxygen atoms in total. The van der Waals surface area contributed by atoms with Gasteiger partial charge in [0.05, 0.1) is 6.04 Å². The number of nitrogens with one attached hydrogen (secondary N) is 1. The number of nitrogens with zero attached hydrogens (tertiary/aromatic N) is 2. The van der Waals surface area contributed by atoms with Crippen LogP contribution in [0.25, 0.3) is 0 Å². The number of likely N-dealkylation sites (N-methyl/N-ethyl adjacent to an activating group) is 1. The second-order valence-corrected chi connectivity index (χ2v) is 8.26. The Bertz CT molecular complexity index is 759. The van der Waals surface area contributed by atoms with Gasteiger partial charge in [-0.1, -0.05) is 30.7 Å². The van der Waals surface area contributed by atoms with Gasteiger partial charge >= 0.3 is 6.03 Å². The van der Waals surface area contributed by atoms with E-state index in [-0.39, 0.29) is 24.4 Å². The molecule has 1 heterocycles. The first-order valence-electron chi connectivity index (χ1n) is 9.39. The first kappa shape index (κ1) is 19.7. The second-order valence-electron chi connectivity index (χ2n) is 7.82. The number of carbonyl (C=O) groups is 3. The average molecular weight is 392 g/mol. The Morgan fingerprint density at radius 2 is 2.04 bits per heavy atom. The van der Waals surface area contributed by atoms with E-state index in [0.717, 1.165) is 23.3 Å². The average Bonchev–Trinajstić information content (AvgIpc) is 2.87. The number of halogens is 1. The molecule has 2 aliphatic rings. The van der Waals surface area contributed by atoms with E-state index in [2.05, 4.69) is 12.2 Å². The molecule has 2 fully saturated rings. The van der Waals surface area contributed by atoms with Crippen molar-refractivity contribution in [2.45, 2.75) is 51.1 Å². The van der Waals surface area contributed by atoms with Gasteiger partial charge in [0.15, 0.2) is 0 Å². The number of hydrogen-bond donors (Lipinski definition) is 1. The summed E-state index contributed by atoms with van der Waals surface area (Å²) in [5.74, 6) is 0.00412. The molecule has 1 saturated carbocycles. The molecular weight excluding hydrogens is 366 g/mol. The third kappa shape index (κ3) is 3.81. The fourth-order valence-corrected chi connectivity index (χ4v) is 4.07. The summed E-state index contributed by atoms with van der Waals surface area (Å²) in [5, 5.41) is 3.45. The van der Waals surface area contributed by atoms with Crippen LogP contribution in [0.1, 0.15) is 51.1 Å². The van der Waals surface area contributed by atoms with E-state index in [4.69, 9.17) is 11.6 Å². The Hall–Kier alpha value is -2.08. The zero-order valence-corrected chi connectivity index (χ0v) is 16.8. The maximum Gasteiger partial charge on any atom is 0.325 e. The van der Waals surface area contributed by atoms with Crippen LogP contribution in [0, 0.1) is 5.92 Å². The van der Waals surface area contributed by atoms with Crippen molar-refractivity contribution in [2.24, 2.45) is 5.92 Å². The van der Waals surface area contributed by atoms with Crippen molar-refractivity contribution in [2.75, 3.05) is 13.6 Å². The Labute approximate surface area is 164 Å². The quantitative estimate of drug-likeness (QED) is 0.800. The lowest BCUT2D eigenvalue weighted by atomic mass is 9.77. The van der Waals surface area contributed by atoms with Gasteiger partial charge in [-0.25, -0.2) is 4.79 Å². The Morgan fingerprint density at radius 1 is 1.37 bits per heavy atom. The third-order valence-corrected chi connectivity index (χ3v) is 6.21. The minimum Gasteiger partial charge on any atom is -0.337 e. The molecule has 1 aliphatic heterocycles. The molecule has 7 heteroatoms. The highest BCUT2D eigenvalue weighted by Crippen LogP contribution is 2.36. The lowest BCUT2D eigenvalue weighted by molar-refractivity contribution is -0.140. The van der Waals surface area contributed by atoms with Gasteiger partial charge < -0.3 is 10.2 Å². The molecule has 1 aromatic carbocycles. The van der Waals surface area contributed by atoms with Gasteiger partial charge in [-0.15, -0.1) is 0 Å². The zero-order valence-electron chi connectivity index (χ0n) is 16.0. The monoisotopic (exact) mass is 391 g/mol. The van der Waals surface area contributed by atoms with Crippen LogP contribution in [0.3, 0.4) is 0 Å². The number of carbonyl (C=O) groups excluding carboxylic acids is 3. The van der Waals surface area contributed by atoms with Gasteiger partial charge in [0.1, 0.15) is 12.1 Å². The summed E-state index contributed by atoms with van der Waals surface area (Å²) in [6.45, 7) is 3.80. The highest BCUT2D eigenvalue weighted by atomic mass is 35.5. The number of urea groups is 1. The van der Waals surface area contributed by atoms with Gasteiger partial charge in [0, 0.05) is 12.1 Å². The molecule has 1 aliphatic carbocycles. The summed E-state index contributed by atoms with van der Waals surface area (Å²) < 4.78 is 0. The molecule has 3 rings (SSSR count). The fraction of sp³-hybridized carbons (Fsp3) is 0.550. The third-order valence-electron chi connectivity index (χ3n) is 5.97. The Morgan fingerprint density at radius 3 is 2.67 bits per heavy atom. The standard InChI is InChI=1S/C20H26ClN3O3/c1-13-7-9-20(10-8-13)18(26)24(19(27)22-20)12-17(25)23(3)14(2)15-5-4-6-16(21)11-15/h4-6,11,13-14H,7-10,12H2,1-3H3,(H,22,27). The molecule has 1 spiro atoms. The van der Waals surface area contributed by atoms with E-state index < -0.39 is 11.6 Å². The van der Waals surface area contributed by atoms with E-state index in [0.29, 0.717) is 23.8 Å². The van der Waals surface area contributed by atoms with Gasteiger partial charge in [-0.3, -0.25) is 14.5 Å². The predicted molar refractivity (Wildman–Crippen MR) is 103 cm³/mol. The maximum absolute atomic E-state index is 12.9. The summed E-state index contributed by atoms with van der Waals surface area (Å²) in [4.78, 5) is 40.6. The molecule has 4 amide bonds. The van der Waals surface area contributed by atoms with Gasteiger partial charge in [0.25, 0.3) is 5.91 Å². The van der Waals surface area contributed by atoms with Crippen LogP contribution >= 0.6 is 11.6 Å². The van der Waals surface area contributed by atoms with Crippen LogP contribution in [0.4, 0.5) is 4.79 Å². The van der Waals surface area contributed by atoms with Crippen LogP contribution in [-0.4, -0.2) is 46.8 Å². The van der Waals surface area contributed by atoms with E-state index in [1.165, 1.54) is 0 Å². The van der Waals surface area contributed by atoms with Gasteiger partial charge in [0.2, 0.25) is 5.91 Å². The number of imide groups is 1. The Balaban J connectivity index is 1.68. The molecule has 0 bridgehead atoms. The number of hydrogen-bond acceptors (Lipinski definition) is 3. The highest BCUT2D eigenvalue weighted by molar-refractivity contribution is 6.30. The van der Waals surface area contributed by atoms with Crippen molar-refractivity contribution in [3.05, 3.63) is 34.9 Å². The van der Waals surface area contributed by atoms with Crippen LogP contribution in [0.5, 0.6) is 0 Å². The molecule has 146 valence electrons. The van der Waals surface area contributed by atoms with Crippen molar-refractivity contribution in [3.8, 4) is 0 Å². The number of benzene rings is 1. The van der Waals surface area contributed by atoms with E-state index in [9.17, 15) is 14.4 Å². The molecule has 1 N–H and O–H groups in total. The molecule has 1 aromatic rings. The SMILES string of the molecule is CC1CCC2(CC1)NC(=O)N(CC(=O)N(C)C(C)c1cccc(Cl)c1)C2=O. The van der Waals surface area contributed by atoms with Gasteiger partial charge in [-0.2, -0.15) is 0 Å². The summed E-state index contributed by atoms with van der Waals surface area (Å²) in [7, 11) is 1.67. The Kier molecular flexibility index (Phi) is 5.47. The second kappa shape index (κ2) is 7.50. The number of rotatable bonds is 4. The minimum absolute atomic E-state index is 0.221. The lowest BCUT2D eigenvalue weighted by Gasteiger charge is -2.33. The smallest absolute Gasteiger partial charge is 0.325 e. The molecule has 1 atom stereocenters. The van der Waals surface area contributed by atoms with Crippen LogP contribution in [0.15, 0.2) is 24.3 Å². The van der Waals surface area contributed by atoms with Crippen LogP contribution in [-0.2, 0) is 9.59 Å². The normalized spacial score (nSPS) is 26.2. The van der Waals surface area contributed by atoms with Crippen molar-refractivity contribution < 1.29 is 14.4 Å². The molecule has 0 radical (unpaired) electrons. The summed E-state index contributed by atoms with van der Waals surface area (Å²) in [6.07, 6.45) is 3.08. The van der Waals surface area contributed by atoms with E-state index >= 15 is 0 Å². The summed E-state index contributed by atoms with van der Waals surface area (Å²) in [6, 6.07) is 6.62. The topological polar surface area (TPSA) is 69.7 Å². The predicted octanol–water partition coefficient (Wildman–Crippen LogP) is 3.36. The van der Waals surface area contributed by atoms with E-state index in [1.807, 2.05) is 25.1 Å². The maximum atomic E-state index is 12.9. The van der Waals surface area contributed by atoms with Gasteiger partial charge in [-0.05, 0) is 56.2 Å². The largest absolute Gasteiger partial charge is 0.337 e. The fourth-order valence-electron chi connectivity index (χ4n) is 3.87. The van der Waals surface area contributed by atoms with Crippen molar-refractivity contribution in [1.82, 2.24) is 15.1 Å². The summed E-state index contributed by atoms with van der Waals surface area (Å²) >= 11 is 6.03. The number of amides is 4. The first-order chi connectivity index (χ1) is 12.7. The molecule has 1 saturated heterocycles. The van der Waals surface area contributed by atoms with Crippen LogP contribution in [0.2, 0.25) is 5.02 Å². The molecule has 0 aromatic heterocycles. The highest BCUT2D eigenvalue weighted by Gasteiger charge is 2.52. The molecule has 27 heavy (non-hydrogen) atoms. The first-order valence-corrected chi connectivity index (χ1v) is 9.76. The molecular formula is C20H26ClN3O3. The molecule has 1 unspecified atom stereocenters. The van der Waals surface area contributed by atoms with Crippen molar-refractivity contribution >= 4 is 29.4 Å². The van der Waals surface area contributed by atoms with Crippen molar-refractivity contribution in [1.29, 1.82) is 0 Å². The van der Waals surface area contributed by atoms with E-state index in [1.54, 1.807) is 18.0 Å². The summed E-state index contributed by atoms with van der Waals surface area (Å²) in [5.41, 5.74) is 0.0781. The lowest BCUT2D eigenvalue weighted by Crippen LogP contribution is -2.50. The zero-order chi connectivity index (χ0) is 19.8. The minimum atomic E-state index is -0.818. The van der Waals surface area contributed by atoms with Crippen molar-refractivity contribution in [3.63, 3.8) is 0 Å². The van der Waals surface area contributed by atoms with Crippen LogP contribution < -0.4 is 5.32 Å².